The lowest BCUT2D eigenvalue weighted by atomic mass is 9.89. The van der Waals surface area contributed by atoms with Crippen molar-refractivity contribution < 1.29 is 4.39 Å². The van der Waals surface area contributed by atoms with E-state index in [1.54, 1.807) is 0 Å². The molecule has 0 radical (unpaired) electrons. The molecule has 7 rings (SSSR count). The van der Waals surface area contributed by atoms with Gasteiger partial charge in [0.05, 0.1) is 22.1 Å². The molecule has 0 unspecified atom stereocenters. The van der Waals surface area contributed by atoms with Crippen molar-refractivity contribution in [3.63, 3.8) is 0 Å². The molecule has 1 aliphatic carbocycles. The predicted molar refractivity (Wildman–Crippen MR) is 127 cm³/mol. The van der Waals surface area contributed by atoms with Gasteiger partial charge in [-0.25, -0.2) is 4.39 Å². The van der Waals surface area contributed by atoms with E-state index in [9.17, 15) is 0 Å². The zero-order chi connectivity index (χ0) is 20.9. The maximum atomic E-state index is 15.2. The average Bonchev–Trinajstić information content (AvgIpc) is 3.44. The Balaban J connectivity index is 1.88. The number of fused-ring (bicyclic) bond motifs is 6. The SMILES string of the molecule is Cc1cc2c3nccc4cc(C5CCCC5)c5c6ccccc6n(c2c(C)c1F)c5c43. The van der Waals surface area contributed by atoms with Crippen molar-refractivity contribution in [2.24, 2.45) is 0 Å². The van der Waals surface area contributed by atoms with E-state index in [0.29, 0.717) is 17.0 Å². The number of benzene rings is 3. The molecule has 3 heterocycles. The molecule has 0 bridgehead atoms. The van der Waals surface area contributed by atoms with Crippen molar-refractivity contribution in [3.8, 4) is 0 Å². The minimum atomic E-state index is -0.118. The number of para-hydroxylation sites is 1. The molecule has 6 aromatic rings. The zero-order valence-electron chi connectivity index (χ0n) is 17.8. The van der Waals surface area contributed by atoms with Crippen LogP contribution in [0.15, 0.2) is 48.7 Å². The van der Waals surface area contributed by atoms with Crippen LogP contribution in [0.25, 0.3) is 49.0 Å². The molecule has 0 atom stereocenters. The van der Waals surface area contributed by atoms with Gasteiger partial charge in [0.1, 0.15) is 5.82 Å². The van der Waals surface area contributed by atoms with Gasteiger partial charge in [0.25, 0.3) is 0 Å². The van der Waals surface area contributed by atoms with Crippen molar-refractivity contribution >= 4 is 49.0 Å². The number of halogens is 1. The van der Waals surface area contributed by atoms with Gasteiger partial charge in [0.2, 0.25) is 0 Å². The maximum Gasteiger partial charge on any atom is 0.131 e. The van der Waals surface area contributed by atoms with Crippen molar-refractivity contribution in [3.05, 3.63) is 71.2 Å². The van der Waals surface area contributed by atoms with Gasteiger partial charge in [0.15, 0.2) is 0 Å². The quantitative estimate of drug-likeness (QED) is 0.201. The highest BCUT2D eigenvalue weighted by Crippen LogP contribution is 2.47. The molecule has 0 amide bonds. The normalized spacial score (nSPS) is 15.6. The first-order chi connectivity index (χ1) is 15.1. The molecular formula is C28H23FN2. The van der Waals surface area contributed by atoms with Gasteiger partial charge in [-0.15, -0.1) is 0 Å². The second-order valence-electron chi connectivity index (χ2n) is 9.31. The van der Waals surface area contributed by atoms with Crippen LogP contribution in [0.1, 0.15) is 48.3 Å². The standard InChI is InChI=1S/C28H23FN2/c1-15-13-21-26-23-18(11-12-30-26)14-20(17-7-3-4-8-17)24-19-9-5-6-10-22(19)31(28(23)24)27(21)16(2)25(15)29/h5-6,9-14,17H,3-4,7-8H2,1-2H3. The van der Waals surface area contributed by atoms with E-state index in [2.05, 4.69) is 40.8 Å². The van der Waals surface area contributed by atoms with Crippen molar-refractivity contribution in [1.82, 2.24) is 9.38 Å². The van der Waals surface area contributed by atoms with E-state index in [0.717, 1.165) is 21.9 Å². The first-order valence-corrected chi connectivity index (χ1v) is 11.3. The average molecular weight is 407 g/mol. The Morgan fingerprint density at radius 2 is 1.74 bits per heavy atom. The summed E-state index contributed by atoms with van der Waals surface area (Å²) >= 11 is 0. The van der Waals surface area contributed by atoms with Crippen LogP contribution >= 0.6 is 0 Å². The van der Waals surface area contributed by atoms with Gasteiger partial charge in [-0.05, 0) is 73.4 Å². The summed E-state index contributed by atoms with van der Waals surface area (Å²) in [6.45, 7) is 3.76. The lowest BCUT2D eigenvalue weighted by Crippen LogP contribution is -2.01. The molecule has 0 aliphatic heterocycles. The molecule has 1 fully saturated rings. The van der Waals surface area contributed by atoms with Crippen molar-refractivity contribution in [2.45, 2.75) is 45.4 Å². The van der Waals surface area contributed by atoms with Gasteiger partial charge in [-0.1, -0.05) is 31.0 Å². The fourth-order valence-corrected chi connectivity index (χ4v) is 6.27. The summed E-state index contributed by atoms with van der Waals surface area (Å²) in [6.07, 6.45) is 7.02. The smallest absolute Gasteiger partial charge is 0.131 e. The lowest BCUT2D eigenvalue weighted by molar-refractivity contribution is 0.611. The van der Waals surface area contributed by atoms with Crippen LogP contribution in [0.5, 0.6) is 0 Å². The molecule has 152 valence electrons. The molecule has 0 spiro atoms. The topological polar surface area (TPSA) is 17.3 Å². The van der Waals surface area contributed by atoms with Gasteiger partial charge in [-0.3, -0.25) is 4.98 Å². The Bertz CT molecular complexity index is 1670. The lowest BCUT2D eigenvalue weighted by Gasteiger charge is -2.18. The number of rotatable bonds is 1. The molecule has 1 saturated carbocycles. The van der Waals surface area contributed by atoms with Gasteiger partial charge in [0, 0.05) is 33.3 Å². The molecule has 1 aliphatic rings. The van der Waals surface area contributed by atoms with Crippen LogP contribution in [0.2, 0.25) is 0 Å². The number of hydrogen-bond donors (Lipinski definition) is 0. The van der Waals surface area contributed by atoms with Gasteiger partial charge < -0.3 is 4.40 Å². The largest absolute Gasteiger partial charge is 0.307 e. The fraction of sp³-hybridized carbons (Fsp3) is 0.250. The van der Waals surface area contributed by atoms with Crippen LogP contribution < -0.4 is 0 Å². The maximum absolute atomic E-state index is 15.2. The Morgan fingerprint density at radius 1 is 0.935 bits per heavy atom. The highest BCUT2D eigenvalue weighted by atomic mass is 19.1. The van der Waals surface area contributed by atoms with E-state index >= 15 is 4.39 Å². The molecule has 2 nitrogen and oxygen atoms in total. The second kappa shape index (κ2) is 5.94. The molecule has 3 aromatic heterocycles. The van der Waals surface area contributed by atoms with Crippen LogP contribution in [0.3, 0.4) is 0 Å². The Kier molecular flexibility index (Phi) is 3.35. The first-order valence-electron chi connectivity index (χ1n) is 11.3. The minimum absolute atomic E-state index is 0.118. The van der Waals surface area contributed by atoms with Crippen LogP contribution in [0, 0.1) is 19.7 Å². The van der Waals surface area contributed by atoms with E-state index in [4.69, 9.17) is 4.98 Å². The highest BCUT2D eigenvalue weighted by molar-refractivity contribution is 6.28. The highest BCUT2D eigenvalue weighted by Gasteiger charge is 2.27. The number of nitrogens with zero attached hydrogens (tertiary/aromatic N) is 2. The molecular weight excluding hydrogens is 383 g/mol. The van der Waals surface area contributed by atoms with E-state index < -0.39 is 0 Å². The third kappa shape index (κ3) is 2.09. The minimum Gasteiger partial charge on any atom is -0.307 e. The summed E-state index contributed by atoms with van der Waals surface area (Å²) in [5, 5.41) is 6.09. The molecule has 0 N–H and O–H groups in total. The summed E-state index contributed by atoms with van der Waals surface area (Å²) < 4.78 is 17.5. The summed E-state index contributed by atoms with van der Waals surface area (Å²) in [5.74, 6) is 0.477. The monoisotopic (exact) mass is 406 g/mol. The van der Waals surface area contributed by atoms with Gasteiger partial charge in [-0.2, -0.15) is 0 Å². The van der Waals surface area contributed by atoms with Gasteiger partial charge >= 0.3 is 0 Å². The molecule has 0 saturated heterocycles. The third-order valence-corrected chi connectivity index (χ3v) is 7.61. The van der Waals surface area contributed by atoms with Crippen molar-refractivity contribution in [2.75, 3.05) is 0 Å². The molecule has 3 aromatic carbocycles. The van der Waals surface area contributed by atoms with Crippen LogP contribution in [0.4, 0.5) is 4.39 Å². The number of aryl methyl sites for hydroxylation is 2. The molecule has 31 heavy (non-hydrogen) atoms. The summed E-state index contributed by atoms with van der Waals surface area (Å²) in [4.78, 5) is 4.83. The van der Waals surface area contributed by atoms with E-state index in [-0.39, 0.29) is 5.82 Å². The zero-order valence-corrected chi connectivity index (χ0v) is 17.8. The summed E-state index contributed by atoms with van der Waals surface area (Å²) in [6, 6.07) is 15.2. The summed E-state index contributed by atoms with van der Waals surface area (Å²) in [5.41, 5.74) is 7.14. The van der Waals surface area contributed by atoms with E-state index in [1.807, 2.05) is 26.1 Å². The van der Waals surface area contributed by atoms with Crippen LogP contribution in [-0.4, -0.2) is 9.38 Å². The molecule has 3 heteroatoms. The number of hydrogen-bond acceptors (Lipinski definition) is 1. The number of aromatic nitrogens is 2. The Morgan fingerprint density at radius 3 is 2.58 bits per heavy atom. The fourth-order valence-electron chi connectivity index (χ4n) is 6.27. The Labute approximate surface area is 179 Å². The predicted octanol–water partition coefficient (Wildman–Crippen LogP) is 7.80. The third-order valence-electron chi connectivity index (χ3n) is 7.61. The van der Waals surface area contributed by atoms with E-state index in [1.165, 1.54) is 58.3 Å². The second-order valence-corrected chi connectivity index (χ2v) is 9.31. The Hall–Kier alpha value is -3.20. The van der Waals surface area contributed by atoms with Crippen LogP contribution in [-0.2, 0) is 0 Å². The van der Waals surface area contributed by atoms with Crippen molar-refractivity contribution in [1.29, 1.82) is 0 Å². The summed E-state index contributed by atoms with van der Waals surface area (Å²) in [7, 11) is 0. The first kappa shape index (κ1) is 17.5. The number of pyridine rings is 2.